The molecule has 0 saturated heterocycles. The van der Waals surface area contributed by atoms with E-state index < -0.39 is 0 Å². The van der Waals surface area contributed by atoms with Gasteiger partial charge in [-0.3, -0.25) is 4.99 Å². The predicted octanol–water partition coefficient (Wildman–Crippen LogP) is 1.84. The number of hydrogen-bond acceptors (Lipinski definition) is 2. The summed E-state index contributed by atoms with van der Waals surface area (Å²) in [5.41, 5.74) is 0. The molecule has 0 aromatic carbocycles. The van der Waals surface area contributed by atoms with Gasteiger partial charge in [0.15, 0.2) is 0 Å². The van der Waals surface area contributed by atoms with E-state index in [1.54, 1.807) is 0 Å². The standard InChI is InChI=1S/C5H9BrN2/c1-2-3-8-5(6)4-7/h4,7H,2-3H2,1H3. The van der Waals surface area contributed by atoms with Crippen molar-refractivity contribution in [2.24, 2.45) is 4.99 Å². The van der Waals surface area contributed by atoms with E-state index in [9.17, 15) is 0 Å². The molecule has 8 heavy (non-hydrogen) atoms. The summed E-state index contributed by atoms with van der Waals surface area (Å²) >= 11 is 3.08. The normalized spacial score (nSPS) is 11.5. The molecular weight excluding hydrogens is 168 g/mol. The van der Waals surface area contributed by atoms with Gasteiger partial charge < -0.3 is 5.41 Å². The van der Waals surface area contributed by atoms with Gasteiger partial charge in [0, 0.05) is 6.54 Å². The van der Waals surface area contributed by atoms with E-state index in [4.69, 9.17) is 5.41 Å². The zero-order valence-corrected chi connectivity index (χ0v) is 6.40. The lowest BCUT2D eigenvalue weighted by Gasteiger charge is -1.84. The Morgan fingerprint density at radius 3 is 2.88 bits per heavy atom. The van der Waals surface area contributed by atoms with Crippen molar-refractivity contribution < 1.29 is 0 Å². The molecule has 0 aliphatic heterocycles. The molecule has 0 saturated carbocycles. The van der Waals surface area contributed by atoms with Crippen molar-refractivity contribution in [3.63, 3.8) is 0 Å². The summed E-state index contributed by atoms with van der Waals surface area (Å²) in [6, 6.07) is 0. The largest absolute Gasteiger partial charge is 0.306 e. The summed E-state index contributed by atoms with van der Waals surface area (Å²) in [7, 11) is 0. The van der Waals surface area contributed by atoms with E-state index in [2.05, 4.69) is 20.9 Å². The third-order valence-corrected chi connectivity index (χ3v) is 1.09. The zero-order chi connectivity index (χ0) is 6.41. The van der Waals surface area contributed by atoms with Crippen molar-refractivity contribution in [2.45, 2.75) is 13.3 Å². The van der Waals surface area contributed by atoms with Crippen LogP contribution >= 0.6 is 15.9 Å². The van der Waals surface area contributed by atoms with Gasteiger partial charge in [-0.1, -0.05) is 6.92 Å². The fraction of sp³-hybridized carbons (Fsp3) is 0.600. The Kier molecular flexibility index (Phi) is 4.85. The first-order valence-corrected chi connectivity index (χ1v) is 3.31. The molecule has 1 N–H and O–H groups in total. The molecule has 0 fully saturated rings. The molecule has 46 valence electrons. The van der Waals surface area contributed by atoms with E-state index in [0.29, 0.717) is 4.62 Å². The quantitative estimate of drug-likeness (QED) is 0.638. The highest BCUT2D eigenvalue weighted by atomic mass is 79.9. The fourth-order valence-corrected chi connectivity index (χ4v) is 0.442. The van der Waals surface area contributed by atoms with Crippen LogP contribution < -0.4 is 0 Å². The average Bonchev–Trinajstić information content (AvgIpc) is 1.83. The number of nitrogens with zero attached hydrogens (tertiary/aromatic N) is 1. The molecule has 2 nitrogen and oxygen atoms in total. The lowest BCUT2D eigenvalue weighted by atomic mass is 10.5. The minimum absolute atomic E-state index is 0.624. The Morgan fingerprint density at radius 1 is 1.88 bits per heavy atom. The van der Waals surface area contributed by atoms with Gasteiger partial charge in [-0.25, -0.2) is 0 Å². The van der Waals surface area contributed by atoms with Crippen molar-refractivity contribution in [2.75, 3.05) is 6.54 Å². The van der Waals surface area contributed by atoms with E-state index >= 15 is 0 Å². The minimum Gasteiger partial charge on any atom is -0.306 e. The van der Waals surface area contributed by atoms with E-state index in [1.165, 1.54) is 6.21 Å². The summed E-state index contributed by atoms with van der Waals surface area (Å²) in [5.74, 6) is 0. The number of nitrogens with one attached hydrogen (secondary N) is 1. The van der Waals surface area contributed by atoms with Crippen molar-refractivity contribution >= 4 is 26.8 Å². The molecule has 0 rings (SSSR count). The fourth-order valence-electron chi connectivity index (χ4n) is 0.264. The van der Waals surface area contributed by atoms with Crippen molar-refractivity contribution in [1.29, 1.82) is 5.41 Å². The van der Waals surface area contributed by atoms with Gasteiger partial charge in [-0.2, -0.15) is 0 Å². The summed E-state index contributed by atoms with van der Waals surface area (Å²) < 4.78 is 0.624. The van der Waals surface area contributed by atoms with Gasteiger partial charge in [-0.05, 0) is 22.4 Å². The smallest absolute Gasteiger partial charge is 0.118 e. The molecule has 0 bridgehead atoms. The molecule has 0 amide bonds. The first-order chi connectivity index (χ1) is 3.81. The van der Waals surface area contributed by atoms with Crippen molar-refractivity contribution in [1.82, 2.24) is 0 Å². The van der Waals surface area contributed by atoms with Crippen LogP contribution in [0.3, 0.4) is 0 Å². The summed E-state index contributed by atoms with van der Waals surface area (Å²) in [4.78, 5) is 3.95. The van der Waals surface area contributed by atoms with E-state index in [0.717, 1.165) is 13.0 Å². The molecule has 3 heteroatoms. The van der Waals surface area contributed by atoms with Crippen molar-refractivity contribution in [3.8, 4) is 0 Å². The highest BCUT2D eigenvalue weighted by molar-refractivity contribution is 9.19. The van der Waals surface area contributed by atoms with Crippen LogP contribution in [-0.2, 0) is 0 Å². The molecule has 0 aliphatic rings. The molecule has 0 unspecified atom stereocenters. The lowest BCUT2D eigenvalue weighted by Crippen LogP contribution is -1.87. The van der Waals surface area contributed by atoms with Gasteiger partial charge in [0.05, 0.1) is 6.21 Å². The molecule has 0 atom stereocenters. The first-order valence-electron chi connectivity index (χ1n) is 2.51. The molecule has 0 heterocycles. The van der Waals surface area contributed by atoms with Crippen LogP contribution in [0.25, 0.3) is 0 Å². The second kappa shape index (κ2) is 4.97. The Bertz CT molecular complexity index is 98.6. The molecule has 0 aromatic heterocycles. The van der Waals surface area contributed by atoms with E-state index in [-0.39, 0.29) is 0 Å². The predicted molar refractivity (Wildman–Crippen MR) is 40.3 cm³/mol. The Labute approximate surface area is 57.6 Å². The molecule has 0 aromatic rings. The number of halogens is 1. The Balaban J connectivity index is 3.40. The third kappa shape index (κ3) is 3.99. The van der Waals surface area contributed by atoms with Gasteiger partial charge in [0.2, 0.25) is 0 Å². The van der Waals surface area contributed by atoms with Crippen LogP contribution in [0, 0.1) is 5.41 Å². The second-order valence-electron chi connectivity index (χ2n) is 1.35. The Morgan fingerprint density at radius 2 is 2.50 bits per heavy atom. The number of aliphatic imine (C=N–C) groups is 1. The minimum atomic E-state index is 0.624. The summed E-state index contributed by atoms with van der Waals surface area (Å²) in [5, 5.41) is 6.68. The average molecular weight is 177 g/mol. The first kappa shape index (κ1) is 7.82. The zero-order valence-electron chi connectivity index (χ0n) is 4.82. The maximum absolute atomic E-state index is 6.68. The van der Waals surface area contributed by atoms with Gasteiger partial charge in [0.1, 0.15) is 4.62 Å². The molecule has 0 radical (unpaired) electrons. The topological polar surface area (TPSA) is 36.2 Å². The second-order valence-corrected chi connectivity index (χ2v) is 2.16. The maximum Gasteiger partial charge on any atom is 0.118 e. The lowest BCUT2D eigenvalue weighted by molar-refractivity contribution is 0.937. The highest BCUT2D eigenvalue weighted by Crippen LogP contribution is 1.86. The van der Waals surface area contributed by atoms with E-state index in [1.807, 2.05) is 6.92 Å². The molecular formula is C5H9BrN2. The summed E-state index contributed by atoms with van der Waals surface area (Å²) in [6.45, 7) is 2.85. The van der Waals surface area contributed by atoms with Crippen LogP contribution in [0.1, 0.15) is 13.3 Å². The SMILES string of the molecule is CCCN=C(Br)C=N. The van der Waals surface area contributed by atoms with Crippen molar-refractivity contribution in [3.05, 3.63) is 0 Å². The maximum atomic E-state index is 6.68. The van der Waals surface area contributed by atoms with Gasteiger partial charge in [0.25, 0.3) is 0 Å². The number of rotatable bonds is 3. The van der Waals surface area contributed by atoms with Crippen LogP contribution in [0.5, 0.6) is 0 Å². The van der Waals surface area contributed by atoms with Crippen LogP contribution in [-0.4, -0.2) is 17.4 Å². The van der Waals surface area contributed by atoms with Crippen LogP contribution in [0.15, 0.2) is 4.99 Å². The number of hydrogen-bond donors (Lipinski definition) is 1. The third-order valence-electron chi connectivity index (χ3n) is 0.606. The van der Waals surface area contributed by atoms with Crippen LogP contribution in [0.4, 0.5) is 0 Å². The van der Waals surface area contributed by atoms with Gasteiger partial charge in [-0.15, -0.1) is 0 Å². The molecule has 0 spiro atoms. The van der Waals surface area contributed by atoms with Gasteiger partial charge >= 0.3 is 0 Å². The summed E-state index contributed by atoms with van der Waals surface area (Å²) in [6.07, 6.45) is 2.22. The van der Waals surface area contributed by atoms with Crippen LogP contribution in [0.2, 0.25) is 0 Å². The Hall–Kier alpha value is -0.180. The highest BCUT2D eigenvalue weighted by Gasteiger charge is 1.80. The molecule has 0 aliphatic carbocycles. The monoisotopic (exact) mass is 176 g/mol.